The zero-order valence-electron chi connectivity index (χ0n) is 14.0. The maximum atomic E-state index is 12.9. The van der Waals surface area contributed by atoms with Crippen LogP contribution in [0.25, 0.3) is 0 Å². The summed E-state index contributed by atoms with van der Waals surface area (Å²) in [5, 5.41) is 3.17. The molecule has 1 atom stereocenters. The number of urea groups is 1. The van der Waals surface area contributed by atoms with Gasteiger partial charge in [-0.3, -0.25) is 4.79 Å². The SMILES string of the molecule is O=C([C@@H]1CCCN1C(=O)NC1CCCCC1)N1CCCSCC1. The van der Waals surface area contributed by atoms with E-state index in [0.717, 1.165) is 63.2 Å². The molecule has 0 aromatic carbocycles. The van der Waals surface area contributed by atoms with Crippen LogP contribution in [0.4, 0.5) is 4.79 Å². The van der Waals surface area contributed by atoms with Gasteiger partial charge in [-0.05, 0) is 37.9 Å². The van der Waals surface area contributed by atoms with E-state index in [0.29, 0.717) is 6.04 Å². The van der Waals surface area contributed by atoms with Gasteiger partial charge in [-0.25, -0.2) is 4.79 Å². The highest BCUT2D eigenvalue weighted by Crippen LogP contribution is 2.23. The highest BCUT2D eigenvalue weighted by molar-refractivity contribution is 7.99. The van der Waals surface area contributed by atoms with Gasteiger partial charge in [0, 0.05) is 31.4 Å². The van der Waals surface area contributed by atoms with Crippen LogP contribution in [-0.4, -0.2) is 65.0 Å². The van der Waals surface area contributed by atoms with Gasteiger partial charge in [0.05, 0.1) is 0 Å². The van der Waals surface area contributed by atoms with Crippen molar-refractivity contribution >= 4 is 23.7 Å². The summed E-state index contributed by atoms with van der Waals surface area (Å²) < 4.78 is 0. The second-order valence-electron chi connectivity index (χ2n) is 6.93. The summed E-state index contributed by atoms with van der Waals surface area (Å²) in [6.45, 7) is 2.40. The molecule has 0 aromatic rings. The summed E-state index contributed by atoms with van der Waals surface area (Å²) in [6.07, 6.45) is 8.69. The molecule has 130 valence electrons. The molecule has 6 heteroatoms. The molecule has 0 bridgehead atoms. The number of rotatable bonds is 2. The van der Waals surface area contributed by atoms with Gasteiger partial charge >= 0.3 is 6.03 Å². The predicted octanol–water partition coefficient (Wildman–Crippen LogP) is 2.46. The van der Waals surface area contributed by atoms with Crippen LogP contribution in [0.15, 0.2) is 0 Å². The number of nitrogens with zero attached hydrogens (tertiary/aromatic N) is 2. The molecule has 2 saturated heterocycles. The number of carbonyl (C=O) groups excluding carboxylic acids is 2. The Morgan fingerprint density at radius 3 is 2.52 bits per heavy atom. The number of carbonyl (C=O) groups is 2. The average molecular weight is 340 g/mol. The third-order valence-electron chi connectivity index (χ3n) is 5.27. The van der Waals surface area contributed by atoms with Crippen molar-refractivity contribution < 1.29 is 9.59 Å². The third kappa shape index (κ3) is 4.34. The Bertz CT molecular complexity index is 418. The lowest BCUT2D eigenvalue weighted by atomic mass is 9.96. The molecule has 5 nitrogen and oxygen atoms in total. The van der Waals surface area contributed by atoms with E-state index in [4.69, 9.17) is 0 Å². The van der Waals surface area contributed by atoms with Crippen LogP contribution in [0.2, 0.25) is 0 Å². The molecule has 0 radical (unpaired) electrons. The molecule has 1 N–H and O–H groups in total. The lowest BCUT2D eigenvalue weighted by Gasteiger charge is -2.31. The first-order valence-electron chi connectivity index (χ1n) is 9.19. The summed E-state index contributed by atoms with van der Waals surface area (Å²) in [6, 6.07) is 0.0563. The molecule has 0 spiro atoms. The second kappa shape index (κ2) is 8.27. The zero-order valence-corrected chi connectivity index (χ0v) is 14.8. The van der Waals surface area contributed by atoms with E-state index >= 15 is 0 Å². The van der Waals surface area contributed by atoms with E-state index in [1.807, 2.05) is 16.7 Å². The number of thioether (sulfide) groups is 1. The number of likely N-dealkylation sites (tertiary alicyclic amines) is 1. The molecule has 2 heterocycles. The lowest BCUT2D eigenvalue weighted by Crippen LogP contribution is -2.53. The number of hydrogen-bond donors (Lipinski definition) is 1. The quantitative estimate of drug-likeness (QED) is 0.841. The maximum Gasteiger partial charge on any atom is 0.318 e. The van der Waals surface area contributed by atoms with Crippen molar-refractivity contribution in [2.75, 3.05) is 31.1 Å². The van der Waals surface area contributed by atoms with Crippen LogP contribution < -0.4 is 5.32 Å². The van der Waals surface area contributed by atoms with Crippen molar-refractivity contribution in [1.82, 2.24) is 15.1 Å². The maximum absolute atomic E-state index is 12.9. The van der Waals surface area contributed by atoms with Crippen molar-refractivity contribution in [1.29, 1.82) is 0 Å². The van der Waals surface area contributed by atoms with Gasteiger partial charge in [-0.15, -0.1) is 0 Å². The normalized spacial score (nSPS) is 26.9. The van der Waals surface area contributed by atoms with Crippen LogP contribution in [-0.2, 0) is 4.79 Å². The topological polar surface area (TPSA) is 52.7 Å². The van der Waals surface area contributed by atoms with Crippen LogP contribution in [0.5, 0.6) is 0 Å². The minimum atomic E-state index is -0.235. The molecule has 0 unspecified atom stereocenters. The largest absolute Gasteiger partial charge is 0.340 e. The fourth-order valence-corrected chi connectivity index (χ4v) is 4.84. The minimum absolute atomic E-state index is 0.0167. The summed E-state index contributed by atoms with van der Waals surface area (Å²) in [5.41, 5.74) is 0. The van der Waals surface area contributed by atoms with Gasteiger partial charge in [0.15, 0.2) is 0 Å². The van der Waals surface area contributed by atoms with Crippen LogP contribution in [0.3, 0.4) is 0 Å². The molecule has 3 rings (SSSR count). The van der Waals surface area contributed by atoms with E-state index in [1.54, 1.807) is 4.90 Å². The van der Waals surface area contributed by atoms with E-state index in [2.05, 4.69) is 5.32 Å². The molecule has 3 amide bonds. The van der Waals surface area contributed by atoms with Gasteiger partial charge < -0.3 is 15.1 Å². The van der Waals surface area contributed by atoms with Gasteiger partial charge in [-0.1, -0.05) is 19.3 Å². The Hall–Kier alpha value is -0.910. The molecule has 2 aliphatic heterocycles. The van der Waals surface area contributed by atoms with Gasteiger partial charge in [0.1, 0.15) is 6.04 Å². The molecular formula is C17H29N3O2S. The Kier molecular flexibility index (Phi) is 6.08. The molecular weight excluding hydrogens is 310 g/mol. The lowest BCUT2D eigenvalue weighted by molar-refractivity contribution is -0.134. The Morgan fingerprint density at radius 2 is 1.70 bits per heavy atom. The summed E-state index contributed by atoms with van der Waals surface area (Å²) >= 11 is 1.92. The molecule has 23 heavy (non-hydrogen) atoms. The second-order valence-corrected chi connectivity index (χ2v) is 8.15. The fourth-order valence-electron chi connectivity index (χ4n) is 3.95. The highest BCUT2D eigenvalue weighted by atomic mass is 32.2. The van der Waals surface area contributed by atoms with E-state index < -0.39 is 0 Å². The highest BCUT2D eigenvalue weighted by Gasteiger charge is 2.37. The number of hydrogen-bond acceptors (Lipinski definition) is 3. The van der Waals surface area contributed by atoms with Crippen molar-refractivity contribution in [3.05, 3.63) is 0 Å². The average Bonchev–Trinajstić information content (AvgIpc) is 2.90. The third-order valence-corrected chi connectivity index (χ3v) is 6.31. The Morgan fingerprint density at radius 1 is 0.870 bits per heavy atom. The predicted molar refractivity (Wildman–Crippen MR) is 93.7 cm³/mol. The first-order valence-corrected chi connectivity index (χ1v) is 10.3. The van der Waals surface area contributed by atoms with Crippen molar-refractivity contribution in [3.63, 3.8) is 0 Å². The van der Waals surface area contributed by atoms with E-state index in [9.17, 15) is 9.59 Å². The molecule has 0 aromatic heterocycles. The molecule has 1 aliphatic carbocycles. The van der Waals surface area contributed by atoms with Crippen LogP contribution in [0, 0.1) is 0 Å². The molecule has 3 aliphatic rings. The smallest absolute Gasteiger partial charge is 0.318 e. The van der Waals surface area contributed by atoms with Gasteiger partial charge in [0.2, 0.25) is 5.91 Å². The van der Waals surface area contributed by atoms with Crippen LogP contribution >= 0.6 is 11.8 Å². The Balaban J connectivity index is 1.57. The minimum Gasteiger partial charge on any atom is -0.340 e. The molecule has 3 fully saturated rings. The van der Waals surface area contributed by atoms with Gasteiger partial charge in [0.25, 0.3) is 0 Å². The standard InChI is InChI=1S/C17H29N3O2S/c21-16(19-9-5-12-23-13-11-19)15-8-4-10-20(15)17(22)18-14-6-2-1-3-7-14/h14-15H,1-13H2,(H,18,22)/t15-/m0/s1. The van der Waals surface area contributed by atoms with Crippen molar-refractivity contribution in [3.8, 4) is 0 Å². The monoisotopic (exact) mass is 339 g/mol. The van der Waals surface area contributed by atoms with Gasteiger partial charge in [-0.2, -0.15) is 11.8 Å². The van der Waals surface area contributed by atoms with Crippen molar-refractivity contribution in [2.45, 2.75) is 63.5 Å². The summed E-state index contributed by atoms with van der Waals surface area (Å²) in [4.78, 5) is 29.3. The van der Waals surface area contributed by atoms with E-state index in [1.165, 1.54) is 19.3 Å². The molecule has 1 saturated carbocycles. The van der Waals surface area contributed by atoms with E-state index in [-0.39, 0.29) is 18.0 Å². The first kappa shape index (κ1) is 16.9. The fraction of sp³-hybridized carbons (Fsp3) is 0.882. The summed E-state index contributed by atoms with van der Waals surface area (Å²) in [5.74, 6) is 2.33. The first-order chi connectivity index (χ1) is 11.3. The Labute approximate surface area is 143 Å². The number of amides is 3. The number of nitrogens with one attached hydrogen (secondary N) is 1. The van der Waals surface area contributed by atoms with Crippen LogP contribution in [0.1, 0.15) is 51.4 Å². The summed E-state index contributed by atoms with van der Waals surface area (Å²) in [7, 11) is 0. The zero-order chi connectivity index (χ0) is 16.1. The van der Waals surface area contributed by atoms with Crippen molar-refractivity contribution in [2.24, 2.45) is 0 Å².